The second kappa shape index (κ2) is 7.97. The summed E-state index contributed by atoms with van der Waals surface area (Å²) in [5.41, 5.74) is 3.38. The second-order valence-electron chi connectivity index (χ2n) is 6.74. The monoisotopic (exact) mass is 406 g/mol. The fourth-order valence-electron chi connectivity index (χ4n) is 3.40. The van der Waals surface area contributed by atoms with E-state index in [0.29, 0.717) is 29.2 Å². The molecule has 6 heteroatoms. The van der Waals surface area contributed by atoms with E-state index in [4.69, 9.17) is 16.3 Å². The summed E-state index contributed by atoms with van der Waals surface area (Å²) >= 11 is 5.89. The van der Waals surface area contributed by atoms with Crippen LogP contribution in [0.2, 0.25) is 5.02 Å². The molecule has 146 valence electrons. The van der Waals surface area contributed by atoms with E-state index in [-0.39, 0.29) is 11.8 Å². The molecule has 5 nitrogen and oxygen atoms in total. The van der Waals surface area contributed by atoms with Gasteiger partial charge in [0.2, 0.25) is 0 Å². The van der Waals surface area contributed by atoms with Gasteiger partial charge in [-0.15, -0.1) is 0 Å². The lowest BCUT2D eigenvalue weighted by atomic mass is 10.0. The van der Waals surface area contributed by atoms with Crippen LogP contribution in [0, 0.1) is 0 Å². The van der Waals surface area contributed by atoms with Gasteiger partial charge in [0.1, 0.15) is 5.75 Å². The van der Waals surface area contributed by atoms with E-state index in [9.17, 15) is 9.59 Å². The highest BCUT2D eigenvalue weighted by Gasteiger charge is 2.32. The fraction of sp³-hybridized carbons (Fsp3) is 0.130. The molecule has 29 heavy (non-hydrogen) atoms. The zero-order valence-electron chi connectivity index (χ0n) is 15.8. The highest BCUT2D eigenvalue weighted by Crippen LogP contribution is 2.31. The fourth-order valence-corrected chi connectivity index (χ4v) is 3.53. The number of hydrogen-bond donors (Lipinski definition) is 1. The Morgan fingerprint density at radius 2 is 1.79 bits per heavy atom. The normalized spacial score (nSPS) is 12.6. The summed E-state index contributed by atoms with van der Waals surface area (Å²) in [6, 6.07) is 19.9. The minimum absolute atomic E-state index is 0.178. The summed E-state index contributed by atoms with van der Waals surface area (Å²) in [6.07, 6.45) is 0. The van der Waals surface area contributed by atoms with Crippen molar-refractivity contribution in [2.45, 2.75) is 13.1 Å². The Morgan fingerprint density at radius 3 is 2.48 bits per heavy atom. The van der Waals surface area contributed by atoms with E-state index in [2.05, 4.69) is 5.32 Å². The molecule has 0 spiro atoms. The smallest absolute Gasteiger partial charge is 0.259 e. The lowest BCUT2D eigenvalue weighted by molar-refractivity contribution is 0.0934. The van der Waals surface area contributed by atoms with Gasteiger partial charge in [-0.2, -0.15) is 0 Å². The van der Waals surface area contributed by atoms with E-state index in [1.165, 1.54) is 0 Å². The number of amides is 2. The zero-order chi connectivity index (χ0) is 20.4. The summed E-state index contributed by atoms with van der Waals surface area (Å²) in [5.74, 6) is 0.268. The van der Waals surface area contributed by atoms with Crippen molar-refractivity contribution in [3.05, 3.63) is 94.0 Å². The number of nitrogens with zero attached hydrogens (tertiary/aromatic N) is 1. The lowest BCUT2D eigenvalue weighted by Crippen LogP contribution is -2.27. The van der Waals surface area contributed by atoms with Crippen LogP contribution in [-0.2, 0) is 13.1 Å². The van der Waals surface area contributed by atoms with Crippen LogP contribution in [-0.4, -0.2) is 18.9 Å². The van der Waals surface area contributed by atoms with Crippen LogP contribution in [0.1, 0.15) is 31.8 Å². The van der Waals surface area contributed by atoms with Crippen molar-refractivity contribution in [2.75, 3.05) is 12.0 Å². The predicted octanol–water partition coefficient (Wildman–Crippen LogP) is 4.44. The van der Waals surface area contributed by atoms with Gasteiger partial charge in [0.15, 0.2) is 0 Å². The third-order valence-corrected chi connectivity index (χ3v) is 5.19. The molecule has 0 fully saturated rings. The van der Waals surface area contributed by atoms with Crippen molar-refractivity contribution in [1.82, 2.24) is 5.32 Å². The number of methoxy groups -OCH3 is 1. The lowest BCUT2D eigenvalue weighted by Gasteiger charge is -2.16. The Bertz CT molecular complexity index is 1060. The summed E-state index contributed by atoms with van der Waals surface area (Å²) in [5, 5.41) is 3.53. The Balaban J connectivity index is 1.54. The van der Waals surface area contributed by atoms with E-state index in [1.807, 2.05) is 42.5 Å². The maximum atomic E-state index is 13.1. The number of carbonyl (C=O) groups is 2. The van der Waals surface area contributed by atoms with Gasteiger partial charge in [-0.25, -0.2) is 0 Å². The van der Waals surface area contributed by atoms with Crippen molar-refractivity contribution in [2.24, 2.45) is 0 Å². The molecular formula is C23H19ClN2O3. The van der Waals surface area contributed by atoms with Crippen LogP contribution in [0.3, 0.4) is 0 Å². The van der Waals surface area contributed by atoms with Gasteiger partial charge in [0, 0.05) is 17.3 Å². The Kier molecular flexibility index (Phi) is 5.23. The minimum atomic E-state index is -0.276. The zero-order valence-corrected chi connectivity index (χ0v) is 16.6. The Hall–Kier alpha value is -3.31. The number of halogens is 1. The topological polar surface area (TPSA) is 58.6 Å². The third-order valence-electron chi connectivity index (χ3n) is 4.93. The summed E-state index contributed by atoms with van der Waals surface area (Å²) in [4.78, 5) is 27.5. The van der Waals surface area contributed by atoms with E-state index in [0.717, 1.165) is 22.6 Å². The van der Waals surface area contributed by atoms with Crippen LogP contribution in [0.25, 0.3) is 0 Å². The number of ether oxygens (including phenoxy) is 1. The Morgan fingerprint density at radius 1 is 1.07 bits per heavy atom. The molecule has 4 rings (SSSR count). The summed E-state index contributed by atoms with van der Waals surface area (Å²) < 4.78 is 5.18. The van der Waals surface area contributed by atoms with Gasteiger partial charge >= 0.3 is 0 Å². The van der Waals surface area contributed by atoms with Crippen LogP contribution in [0.15, 0.2) is 66.7 Å². The molecule has 0 bridgehead atoms. The molecule has 0 saturated carbocycles. The number of benzene rings is 3. The quantitative estimate of drug-likeness (QED) is 0.681. The molecule has 1 aliphatic heterocycles. The molecule has 0 aromatic heterocycles. The SMILES string of the molecule is COc1ccc(N2Cc3cccc(C(=O)NCc4ccc(Cl)cc4)c3C2=O)cc1. The van der Waals surface area contributed by atoms with Crippen molar-refractivity contribution >= 4 is 29.1 Å². The second-order valence-corrected chi connectivity index (χ2v) is 7.17. The molecule has 0 unspecified atom stereocenters. The van der Waals surface area contributed by atoms with Gasteiger partial charge in [0.05, 0.1) is 24.8 Å². The van der Waals surface area contributed by atoms with Gasteiger partial charge in [-0.1, -0.05) is 35.9 Å². The van der Waals surface area contributed by atoms with Crippen molar-refractivity contribution in [3.8, 4) is 5.75 Å². The average molecular weight is 407 g/mol. The number of anilines is 1. The largest absolute Gasteiger partial charge is 0.497 e. The van der Waals surface area contributed by atoms with Crippen molar-refractivity contribution in [3.63, 3.8) is 0 Å². The maximum Gasteiger partial charge on any atom is 0.259 e. The van der Waals surface area contributed by atoms with E-state index < -0.39 is 0 Å². The molecule has 0 atom stereocenters. The van der Waals surface area contributed by atoms with Gasteiger partial charge in [-0.3, -0.25) is 9.59 Å². The first-order chi connectivity index (χ1) is 14.1. The predicted molar refractivity (Wildman–Crippen MR) is 113 cm³/mol. The first kappa shape index (κ1) is 19.0. The van der Waals surface area contributed by atoms with Crippen LogP contribution < -0.4 is 15.0 Å². The summed E-state index contributed by atoms with van der Waals surface area (Å²) in [7, 11) is 1.60. The molecule has 0 radical (unpaired) electrons. The van der Waals surface area contributed by atoms with Crippen molar-refractivity contribution < 1.29 is 14.3 Å². The number of fused-ring (bicyclic) bond motifs is 1. The molecule has 1 heterocycles. The molecule has 1 aliphatic rings. The van der Waals surface area contributed by atoms with Gasteiger partial charge in [0.25, 0.3) is 11.8 Å². The number of carbonyl (C=O) groups excluding carboxylic acids is 2. The number of nitrogens with one attached hydrogen (secondary N) is 1. The highest BCUT2D eigenvalue weighted by molar-refractivity contribution is 6.30. The average Bonchev–Trinajstić information content (AvgIpc) is 3.10. The van der Waals surface area contributed by atoms with Crippen LogP contribution >= 0.6 is 11.6 Å². The van der Waals surface area contributed by atoms with Gasteiger partial charge in [-0.05, 0) is 53.6 Å². The number of rotatable bonds is 5. The molecule has 3 aromatic carbocycles. The van der Waals surface area contributed by atoms with E-state index >= 15 is 0 Å². The summed E-state index contributed by atoms with van der Waals surface area (Å²) in [6.45, 7) is 0.787. The van der Waals surface area contributed by atoms with Crippen molar-refractivity contribution in [1.29, 1.82) is 0 Å². The molecule has 0 saturated heterocycles. The third kappa shape index (κ3) is 3.82. The van der Waals surface area contributed by atoms with Gasteiger partial charge < -0.3 is 15.0 Å². The van der Waals surface area contributed by atoms with E-state index in [1.54, 1.807) is 36.3 Å². The molecule has 1 N–H and O–H groups in total. The number of hydrogen-bond acceptors (Lipinski definition) is 3. The highest BCUT2D eigenvalue weighted by atomic mass is 35.5. The maximum absolute atomic E-state index is 13.1. The molecular weight excluding hydrogens is 388 g/mol. The standard InChI is InChI=1S/C23H19ClN2O3/c1-29-19-11-9-18(10-12-19)26-14-16-3-2-4-20(21(16)23(26)28)22(27)25-13-15-5-7-17(24)8-6-15/h2-12H,13-14H2,1H3,(H,25,27). The first-order valence-corrected chi connectivity index (χ1v) is 9.55. The van der Waals surface area contributed by atoms with Crippen LogP contribution in [0.5, 0.6) is 5.75 Å². The Labute approximate surface area is 173 Å². The minimum Gasteiger partial charge on any atom is -0.497 e. The molecule has 3 aromatic rings. The molecule has 2 amide bonds. The molecule has 0 aliphatic carbocycles. The van der Waals surface area contributed by atoms with Crippen LogP contribution in [0.4, 0.5) is 5.69 Å². The first-order valence-electron chi connectivity index (χ1n) is 9.17.